The highest BCUT2D eigenvalue weighted by Crippen LogP contribution is 2.25. The molecule has 6 heteroatoms. The number of amides is 2. The topological polar surface area (TPSA) is 84.7 Å². The van der Waals surface area contributed by atoms with Crippen LogP contribution in [0.5, 0.6) is 0 Å². The van der Waals surface area contributed by atoms with Gasteiger partial charge in [0, 0.05) is 6.54 Å². The van der Waals surface area contributed by atoms with Crippen LogP contribution in [0.25, 0.3) is 0 Å². The largest absolute Gasteiger partial charge is 0.376 e. The Balaban J connectivity index is 1.63. The van der Waals surface area contributed by atoms with Crippen LogP contribution in [0.3, 0.4) is 0 Å². The molecule has 0 aromatic rings. The molecule has 0 radical (unpaired) electrons. The van der Waals surface area contributed by atoms with Crippen LogP contribution in [0, 0.1) is 5.92 Å². The molecule has 3 unspecified atom stereocenters. The predicted octanol–water partition coefficient (Wildman–Crippen LogP) is 1.04. The normalized spacial score (nSPS) is 29.2. The number of ether oxygens (including phenoxy) is 1. The Morgan fingerprint density at radius 2 is 1.91 bits per heavy atom. The summed E-state index contributed by atoms with van der Waals surface area (Å²) in [6, 6.07) is -0.297. The van der Waals surface area contributed by atoms with Crippen LogP contribution in [0.2, 0.25) is 0 Å². The summed E-state index contributed by atoms with van der Waals surface area (Å²) in [6.07, 6.45) is 8.01. The second-order valence-electron chi connectivity index (χ2n) is 6.91. The number of carbonyl (C=O) groups is 2. The van der Waals surface area contributed by atoms with E-state index in [1.54, 1.807) is 0 Å². The number of nitrogens with two attached hydrogens (primary N) is 1. The monoisotopic (exact) mass is 325 g/mol. The molecule has 1 saturated heterocycles. The number of hydrogen-bond donors (Lipinski definition) is 2. The van der Waals surface area contributed by atoms with E-state index in [-0.39, 0.29) is 24.4 Å². The van der Waals surface area contributed by atoms with Gasteiger partial charge in [0.15, 0.2) is 0 Å². The Kier molecular flexibility index (Phi) is 7.30. The summed E-state index contributed by atoms with van der Waals surface area (Å²) in [7, 11) is 0. The Morgan fingerprint density at radius 1 is 1.17 bits per heavy atom. The third kappa shape index (κ3) is 5.77. The van der Waals surface area contributed by atoms with E-state index >= 15 is 0 Å². The van der Waals surface area contributed by atoms with Crippen molar-refractivity contribution in [2.45, 2.75) is 64.0 Å². The fourth-order valence-corrected chi connectivity index (χ4v) is 3.67. The van der Waals surface area contributed by atoms with Crippen molar-refractivity contribution in [3.63, 3.8) is 0 Å². The van der Waals surface area contributed by atoms with Gasteiger partial charge in [-0.2, -0.15) is 0 Å². The fraction of sp³-hybridized carbons (Fsp3) is 0.882. The van der Waals surface area contributed by atoms with Gasteiger partial charge in [-0.05, 0) is 38.1 Å². The maximum Gasteiger partial charge on any atom is 0.234 e. The maximum atomic E-state index is 12.0. The van der Waals surface area contributed by atoms with E-state index in [2.05, 4.69) is 12.2 Å². The number of carbonyl (C=O) groups excluding carboxylic acids is 2. The number of nitrogens with one attached hydrogen (secondary N) is 1. The van der Waals surface area contributed by atoms with Crippen molar-refractivity contribution in [1.82, 2.24) is 10.2 Å². The lowest BCUT2D eigenvalue weighted by molar-refractivity contribution is -0.128. The van der Waals surface area contributed by atoms with Gasteiger partial charge in [-0.15, -0.1) is 0 Å². The van der Waals surface area contributed by atoms with E-state index in [9.17, 15) is 9.59 Å². The molecule has 2 aliphatic rings. The number of likely N-dealkylation sites (tertiary alicyclic amines) is 1. The molecule has 0 aromatic heterocycles. The van der Waals surface area contributed by atoms with Crippen LogP contribution in [-0.2, 0) is 14.3 Å². The summed E-state index contributed by atoms with van der Waals surface area (Å²) in [5.41, 5.74) is 5.42. The van der Waals surface area contributed by atoms with E-state index in [0.717, 1.165) is 32.2 Å². The minimum atomic E-state index is -0.327. The van der Waals surface area contributed by atoms with Gasteiger partial charge in [0.2, 0.25) is 11.8 Å². The van der Waals surface area contributed by atoms with Crippen molar-refractivity contribution in [1.29, 1.82) is 0 Å². The standard InChI is InChI=1S/C17H31N3O3/c1-13-6-2-3-8-15(13)23-11-9-19-16(21)12-20-10-5-4-7-14(20)17(18)22/h13-15H,2-12H2,1H3,(H2,18,22)(H,19,21). The predicted molar refractivity (Wildman–Crippen MR) is 88.8 cm³/mol. The summed E-state index contributed by atoms with van der Waals surface area (Å²) in [4.78, 5) is 25.4. The van der Waals surface area contributed by atoms with Gasteiger partial charge in [0.1, 0.15) is 0 Å². The van der Waals surface area contributed by atoms with Crippen molar-refractivity contribution >= 4 is 11.8 Å². The van der Waals surface area contributed by atoms with E-state index in [4.69, 9.17) is 10.5 Å². The van der Waals surface area contributed by atoms with E-state index in [1.807, 2.05) is 4.90 Å². The average molecular weight is 325 g/mol. The van der Waals surface area contributed by atoms with E-state index in [0.29, 0.717) is 25.2 Å². The van der Waals surface area contributed by atoms with Crippen molar-refractivity contribution in [3.05, 3.63) is 0 Å². The second kappa shape index (κ2) is 9.23. The fourth-order valence-electron chi connectivity index (χ4n) is 3.67. The zero-order valence-electron chi connectivity index (χ0n) is 14.3. The second-order valence-corrected chi connectivity index (χ2v) is 6.91. The van der Waals surface area contributed by atoms with Crippen molar-refractivity contribution in [2.24, 2.45) is 11.7 Å². The highest BCUT2D eigenvalue weighted by Gasteiger charge is 2.28. The SMILES string of the molecule is CC1CCCCC1OCCNC(=O)CN1CCCCC1C(N)=O. The van der Waals surface area contributed by atoms with Crippen LogP contribution >= 0.6 is 0 Å². The van der Waals surface area contributed by atoms with Crippen LogP contribution < -0.4 is 11.1 Å². The molecule has 1 aliphatic heterocycles. The minimum absolute atomic E-state index is 0.0570. The van der Waals surface area contributed by atoms with Crippen LogP contribution in [0.15, 0.2) is 0 Å². The van der Waals surface area contributed by atoms with E-state index < -0.39 is 0 Å². The number of primary amides is 1. The number of hydrogen-bond acceptors (Lipinski definition) is 4. The molecule has 23 heavy (non-hydrogen) atoms. The van der Waals surface area contributed by atoms with Gasteiger partial charge >= 0.3 is 0 Å². The van der Waals surface area contributed by atoms with Crippen LogP contribution in [0.4, 0.5) is 0 Å². The quantitative estimate of drug-likeness (QED) is 0.685. The van der Waals surface area contributed by atoms with E-state index in [1.165, 1.54) is 19.3 Å². The molecule has 2 fully saturated rings. The molecule has 1 heterocycles. The van der Waals surface area contributed by atoms with Gasteiger partial charge in [0.25, 0.3) is 0 Å². The first-order valence-electron chi connectivity index (χ1n) is 8.99. The first-order chi connectivity index (χ1) is 11.1. The maximum absolute atomic E-state index is 12.0. The molecule has 2 amide bonds. The van der Waals surface area contributed by atoms with Crippen LogP contribution in [0.1, 0.15) is 51.9 Å². The zero-order chi connectivity index (χ0) is 16.7. The summed E-state index contributed by atoms with van der Waals surface area (Å²) >= 11 is 0. The smallest absolute Gasteiger partial charge is 0.234 e. The molecule has 0 bridgehead atoms. The molecule has 6 nitrogen and oxygen atoms in total. The molecule has 3 N–H and O–H groups in total. The molecule has 132 valence electrons. The first kappa shape index (κ1) is 18.2. The lowest BCUT2D eigenvalue weighted by Crippen LogP contribution is -2.51. The molecule has 0 spiro atoms. The lowest BCUT2D eigenvalue weighted by Gasteiger charge is -2.33. The first-order valence-corrected chi connectivity index (χ1v) is 8.99. The highest BCUT2D eigenvalue weighted by molar-refractivity contribution is 5.82. The van der Waals surface area contributed by atoms with Gasteiger partial charge in [-0.1, -0.05) is 26.2 Å². The van der Waals surface area contributed by atoms with Gasteiger partial charge in [0.05, 0.1) is 25.3 Å². The highest BCUT2D eigenvalue weighted by atomic mass is 16.5. The van der Waals surface area contributed by atoms with Crippen molar-refractivity contribution in [2.75, 3.05) is 26.2 Å². The average Bonchev–Trinajstić information content (AvgIpc) is 2.53. The molecular formula is C17H31N3O3. The van der Waals surface area contributed by atoms with Crippen LogP contribution in [-0.4, -0.2) is 55.1 Å². The molecule has 3 atom stereocenters. The lowest BCUT2D eigenvalue weighted by atomic mass is 9.88. The molecular weight excluding hydrogens is 294 g/mol. The molecule has 0 aromatic carbocycles. The summed E-state index contributed by atoms with van der Waals surface area (Å²) < 4.78 is 5.89. The number of piperidine rings is 1. The third-order valence-electron chi connectivity index (χ3n) is 5.08. The van der Waals surface area contributed by atoms with Gasteiger partial charge in [-0.3, -0.25) is 14.5 Å². The Bertz CT molecular complexity index is 403. The van der Waals surface area contributed by atoms with Gasteiger partial charge in [-0.25, -0.2) is 0 Å². The Labute approximate surface area is 139 Å². The number of rotatable bonds is 7. The minimum Gasteiger partial charge on any atom is -0.376 e. The third-order valence-corrected chi connectivity index (χ3v) is 5.08. The zero-order valence-corrected chi connectivity index (χ0v) is 14.3. The molecule has 1 saturated carbocycles. The number of nitrogens with zero attached hydrogens (tertiary/aromatic N) is 1. The summed E-state index contributed by atoms with van der Waals surface area (Å²) in [6.45, 7) is 4.32. The van der Waals surface area contributed by atoms with Crippen molar-refractivity contribution < 1.29 is 14.3 Å². The summed E-state index contributed by atoms with van der Waals surface area (Å²) in [5.74, 6) is 0.231. The Hall–Kier alpha value is -1.14. The Morgan fingerprint density at radius 3 is 2.65 bits per heavy atom. The summed E-state index contributed by atoms with van der Waals surface area (Å²) in [5, 5.41) is 2.89. The molecule has 1 aliphatic carbocycles. The van der Waals surface area contributed by atoms with Crippen molar-refractivity contribution in [3.8, 4) is 0 Å². The molecule has 2 rings (SSSR count). The van der Waals surface area contributed by atoms with Gasteiger partial charge < -0.3 is 15.8 Å².